The number of hydrogen-bond acceptors (Lipinski definition) is 9. The number of carbonyl (C=O) groups is 4. The minimum absolute atomic E-state index is 0.0957. The number of carbonyl (C=O) groups excluding carboxylic acids is 4. The third kappa shape index (κ3) is 13.2. The van der Waals surface area contributed by atoms with Crippen molar-refractivity contribution in [1.82, 2.24) is 35.2 Å². The largest absolute Gasteiger partial charge is 0.355 e. The van der Waals surface area contributed by atoms with Crippen molar-refractivity contribution in [2.24, 2.45) is 5.41 Å². The first-order valence-corrected chi connectivity index (χ1v) is 23.8. The number of hydrogen-bond donors (Lipinski definition) is 5. The van der Waals surface area contributed by atoms with Crippen molar-refractivity contribution >= 4 is 54.4 Å². The molecular weight excluding hydrogens is 831 g/mol. The lowest BCUT2D eigenvalue weighted by Crippen LogP contribution is -2.59. The maximum atomic E-state index is 14.1. The van der Waals surface area contributed by atoms with E-state index < -0.39 is 62.4 Å². The van der Waals surface area contributed by atoms with Gasteiger partial charge in [-0.25, -0.2) is 26.3 Å². The van der Waals surface area contributed by atoms with Crippen LogP contribution in [0.2, 0.25) is 0 Å². The molecule has 62 heavy (non-hydrogen) atoms. The van der Waals surface area contributed by atoms with E-state index in [0.717, 1.165) is 11.1 Å². The Hall–Kier alpha value is -5.20. The number of rotatable bonds is 20. The molecule has 0 aromatic heterocycles. The average molecular weight is 890 g/mol. The molecule has 0 aliphatic carbocycles. The first-order chi connectivity index (χ1) is 29.4. The molecule has 1 fully saturated rings. The summed E-state index contributed by atoms with van der Waals surface area (Å²) in [6.45, 7) is 7.65. The van der Waals surface area contributed by atoms with Crippen LogP contribution in [0.3, 0.4) is 0 Å². The second-order valence-corrected chi connectivity index (χ2v) is 20.2. The number of benzene rings is 4. The summed E-state index contributed by atoms with van der Waals surface area (Å²) >= 11 is 0. The molecule has 1 heterocycles. The van der Waals surface area contributed by atoms with Crippen LogP contribution in [0.15, 0.2) is 107 Å². The highest BCUT2D eigenvalue weighted by Crippen LogP contribution is 2.27. The summed E-state index contributed by atoms with van der Waals surface area (Å²) in [6.07, 6.45) is 2.44. The molecule has 0 saturated carbocycles. The third-order valence-corrected chi connectivity index (χ3v) is 13.8. The number of nitrogens with zero attached hydrogens (tertiary/aromatic N) is 2. The van der Waals surface area contributed by atoms with E-state index in [-0.39, 0.29) is 40.7 Å². The van der Waals surface area contributed by atoms with Gasteiger partial charge in [-0.3, -0.25) is 19.2 Å². The summed E-state index contributed by atoms with van der Waals surface area (Å²) in [7, 11) is -6.61. The Morgan fingerprint density at radius 3 is 1.87 bits per heavy atom. The molecular formula is C45H59N7O8S2. The smallest absolute Gasteiger partial charge is 0.246 e. The molecule has 4 amide bonds. The highest BCUT2D eigenvalue weighted by atomic mass is 32.2. The molecule has 1 saturated heterocycles. The third-order valence-electron chi connectivity index (χ3n) is 11.0. The first kappa shape index (κ1) is 47.8. The molecule has 1 aliphatic rings. The SMILES string of the molecule is CN[C@@H](C)C(=O)N[C@H](C(=O)N1CCC[C@H]1CN(CCc1ccccc1)C(=O)CNS(=O)(=O)c1ccc2cc(S(=O)(=O)NCC(=O)NCCc3ccccc3)ccc2c1)C(C)(C)C. The van der Waals surface area contributed by atoms with Crippen LogP contribution in [-0.2, 0) is 52.1 Å². The fourth-order valence-corrected chi connectivity index (χ4v) is 9.22. The van der Waals surface area contributed by atoms with Crippen molar-refractivity contribution in [2.45, 2.75) is 81.3 Å². The molecule has 15 nitrogen and oxygen atoms in total. The number of amides is 4. The van der Waals surface area contributed by atoms with E-state index in [2.05, 4.69) is 25.4 Å². The van der Waals surface area contributed by atoms with E-state index >= 15 is 0 Å². The summed E-state index contributed by atoms with van der Waals surface area (Å²) in [5, 5.41) is 9.42. The topological polar surface area (TPSA) is 203 Å². The average Bonchev–Trinajstić information content (AvgIpc) is 3.73. The molecule has 3 atom stereocenters. The van der Waals surface area contributed by atoms with Gasteiger partial charge in [-0.05, 0) is 91.2 Å². The van der Waals surface area contributed by atoms with Gasteiger partial charge in [0, 0.05) is 32.2 Å². The van der Waals surface area contributed by atoms with Crippen molar-refractivity contribution in [3.05, 3.63) is 108 Å². The van der Waals surface area contributed by atoms with Crippen LogP contribution in [0.5, 0.6) is 0 Å². The Labute approximate surface area is 365 Å². The highest BCUT2D eigenvalue weighted by Gasteiger charge is 2.41. The highest BCUT2D eigenvalue weighted by molar-refractivity contribution is 7.89. The zero-order valence-electron chi connectivity index (χ0n) is 36.0. The lowest BCUT2D eigenvalue weighted by Gasteiger charge is -2.37. The van der Waals surface area contributed by atoms with Gasteiger partial charge in [0.25, 0.3) is 0 Å². The summed E-state index contributed by atoms with van der Waals surface area (Å²) in [5.74, 6) is -1.48. The van der Waals surface area contributed by atoms with Crippen LogP contribution >= 0.6 is 0 Å². The number of likely N-dealkylation sites (tertiary alicyclic amines) is 1. The maximum absolute atomic E-state index is 14.1. The predicted octanol–water partition coefficient (Wildman–Crippen LogP) is 2.96. The molecule has 0 unspecified atom stereocenters. The van der Waals surface area contributed by atoms with Crippen LogP contribution in [0.1, 0.15) is 51.7 Å². The van der Waals surface area contributed by atoms with E-state index in [1.54, 1.807) is 23.8 Å². The van der Waals surface area contributed by atoms with E-state index in [4.69, 9.17) is 0 Å². The molecule has 17 heteroatoms. The van der Waals surface area contributed by atoms with Gasteiger partial charge in [0.15, 0.2) is 0 Å². The van der Waals surface area contributed by atoms with Gasteiger partial charge in [0.05, 0.1) is 28.9 Å². The second-order valence-electron chi connectivity index (χ2n) is 16.6. The minimum atomic E-state index is -4.21. The predicted molar refractivity (Wildman–Crippen MR) is 239 cm³/mol. The molecule has 4 aromatic carbocycles. The number of fused-ring (bicyclic) bond motifs is 1. The number of likely N-dealkylation sites (N-methyl/N-ethyl adjacent to an activating group) is 1. The van der Waals surface area contributed by atoms with E-state index in [1.165, 1.54) is 36.4 Å². The number of nitrogens with one attached hydrogen (secondary N) is 5. The van der Waals surface area contributed by atoms with Crippen molar-refractivity contribution in [3.8, 4) is 0 Å². The van der Waals surface area contributed by atoms with Gasteiger partial charge in [0.1, 0.15) is 6.04 Å². The molecule has 5 rings (SSSR count). The molecule has 0 bridgehead atoms. The Kier molecular flexibility index (Phi) is 16.4. The van der Waals surface area contributed by atoms with Crippen LogP contribution in [0.4, 0.5) is 0 Å². The minimum Gasteiger partial charge on any atom is -0.355 e. The van der Waals surface area contributed by atoms with Crippen molar-refractivity contribution in [3.63, 3.8) is 0 Å². The Balaban J connectivity index is 1.24. The monoisotopic (exact) mass is 889 g/mol. The van der Waals surface area contributed by atoms with Crippen LogP contribution in [-0.4, -0.2) is 115 Å². The zero-order valence-corrected chi connectivity index (χ0v) is 37.7. The summed E-state index contributed by atoms with van der Waals surface area (Å²) in [6, 6.07) is 25.9. The fraction of sp³-hybridized carbons (Fsp3) is 0.422. The quantitative estimate of drug-likeness (QED) is 0.0885. The van der Waals surface area contributed by atoms with Crippen molar-refractivity contribution < 1.29 is 36.0 Å². The molecule has 4 aromatic rings. The molecule has 0 spiro atoms. The van der Waals surface area contributed by atoms with Gasteiger partial charge < -0.3 is 25.8 Å². The molecule has 0 radical (unpaired) electrons. The Morgan fingerprint density at radius 1 is 0.774 bits per heavy atom. The van der Waals surface area contributed by atoms with Gasteiger partial charge in [-0.1, -0.05) is 93.6 Å². The van der Waals surface area contributed by atoms with E-state index in [1.807, 2.05) is 81.4 Å². The van der Waals surface area contributed by atoms with Gasteiger partial charge >= 0.3 is 0 Å². The fourth-order valence-electron chi connectivity index (χ4n) is 7.19. The van der Waals surface area contributed by atoms with E-state index in [9.17, 15) is 36.0 Å². The second kappa shape index (κ2) is 21.3. The van der Waals surface area contributed by atoms with Gasteiger partial charge in [-0.2, -0.15) is 0 Å². The molecule has 1 aliphatic heterocycles. The van der Waals surface area contributed by atoms with Crippen LogP contribution < -0.4 is 25.4 Å². The van der Waals surface area contributed by atoms with Gasteiger partial charge in [0.2, 0.25) is 43.7 Å². The van der Waals surface area contributed by atoms with Gasteiger partial charge in [-0.15, -0.1) is 0 Å². The summed E-state index contributed by atoms with van der Waals surface area (Å²) in [5.41, 5.74) is 1.43. The van der Waals surface area contributed by atoms with Crippen LogP contribution in [0.25, 0.3) is 10.8 Å². The molecule has 5 N–H and O–H groups in total. The normalized spacial score (nSPS) is 15.5. The summed E-state index contributed by atoms with van der Waals surface area (Å²) < 4.78 is 58.1. The zero-order chi connectivity index (χ0) is 45.1. The maximum Gasteiger partial charge on any atom is 0.246 e. The lowest BCUT2D eigenvalue weighted by atomic mass is 9.85. The standard InChI is InChI=1S/C45H59N7O8S2/c1-32(46-5)43(55)50-42(45(2,3)4)44(56)52-25-12-17-37(52)31-51(26-23-34-15-10-7-11-16-34)41(54)30-49-62(59,60)39-21-19-35-27-38(20-18-36(35)28-39)61(57,58)48-29-40(53)47-24-22-33-13-8-6-9-14-33/h6-11,13-16,18-21,27-28,32,37,42,46,48-49H,12,17,22-26,29-31H2,1-5H3,(H,47,53)(H,50,55)/t32-,37-,42+/m0/s1. The number of sulfonamides is 2. The lowest BCUT2D eigenvalue weighted by molar-refractivity contribution is -0.142. The first-order valence-electron chi connectivity index (χ1n) is 20.8. The van der Waals surface area contributed by atoms with E-state index in [0.29, 0.717) is 49.5 Å². The molecule has 334 valence electrons. The Bertz CT molecular complexity index is 2410. The van der Waals surface area contributed by atoms with Crippen molar-refractivity contribution in [1.29, 1.82) is 0 Å². The Morgan fingerprint density at radius 2 is 1.32 bits per heavy atom. The van der Waals surface area contributed by atoms with Crippen molar-refractivity contribution in [2.75, 3.05) is 46.3 Å². The summed E-state index contributed by atoms with van der Waals surface area (Å²) in [4.78, 5) is 56.4. The van der Waals surface area contributed by atoms with Crippen LogP contribution in [0, 0.1) is 5.41 Å².